The maximum Gasteiger partial charge on any atom is 0.255 e. The number of hydrogen-bond acceptors (Lipinski definition) is 10. The Morgan fingerprint density at radius 2 is 1.76 bits per heavy atom. The number of aromatic hydroxyl groups is 1. The van der Waals surface area contributed by atoms with Crippen LogP contribution < -0.4 is 10.6 Å². The molecule has 0 spiro atoms. The number of phenols is 1. The van der Waals surface area contributed by atoms with Crippen LogP contribution in [-0.4, -0.2) is 101 Å². The summed E-state index contributed by atoms with van der Waals surface area (Å²) in [5.74, 6) is -5.86. The summed E-state index contributed by atoms with van der Waals surface area (Å²) in [4.78, 5) is 45.3. The number of aliphatic hydroxyl groups is 3. The fourth-order valence-electron chi connectivity index (χ4n) is 7.40. The summed E-state index contributed by atoms with van der Waals surface area (Å²) < 4.78 is 0. The molecule has 11 heteroatoms. The number of carbonyl (C=O) groups excluding carboxylic acids is 3. The van der Waals surface area contributed by atoms with E-state index in [4.69, 9.17) is 5.73 Å². The normalized spacial score (nSPS) is 28.6. The number of nitrogens with two attached hydrogens (primary N) is 1. The van der Waals surface area contributed by atoms with Crippen LogP contribution in [-0.2, 0) is 22.6 Å². The third-order valence-corrected chi connectivity index (χ3v) is 9.64. The topological polar surface area (TPSA) is 168 Å². The lowest BCUT2D eigenvalue weighted by Gasteiger charge is -2.50. The third-order valence-electron chi connectivity index (χ3n) is 9.64. The summed E-state index contributed by atoms with van der Waals surface area (Å²) in [6.07, 6.45) is 2.71. The van der Waals surface area contributed by atoms with E-state index in [1.165, 1.54) is 12.8 Å². The van der Waals surface area contributed by atoms with Gasteiger partial charge in [0.1, 0.15) is 22.8 Å². The molecule has 0 aromatic heterocycles. The number of rotatable bonds is 7. The second kappa shape index (κ2) is 9.85. The predicted octanol–water partition coefficient (Wildman–Crippen LogP) is 1.42. The van der Waals surface area contributed by atoms with Crippen molar-refractivity contribution in [1.29, 1.82) is 0 Å². The molecular weight excluding hydrogens is 528 g/mol. The first-order chi connectivity index (χ1) is 19.1. The van der Waals surface area contributed by atoms with Crippen LogP contribution in [0.5, 0.6) is 5.75 Å². The summed E-state index contributed by atoms with van der Waals surface area (Å²) >= 11 is 0. The molecule has 222 valence electrons. The fraction of sp³-hybridized carbons (Fsp3) is 0.567. The van der Waals surface area contributed by atoms with Gasteiger partial charge in [-0.1, -0.05) is 0 Å². The van der Waals surface area contributed by atoms with E-state index in [-0.39, 0.29) is 29.7 Å². The molecule has 4 aliphatic carbocycles. The zero-order valence-electron chi connectivity index (χ0n) is 24.4. The Kier molecular flexibility index (Phi) is 6.99. The SMILES string of the molecule is C[C@H](C1CC1)N(C)Cc1cc(O)c2c(c1N(C)C)C[C@H]1C[C@H]3[C@H](N(C)C)C(O)=C(C(N)=O)C(=O)[C@@]3(O)C(O)=C1C2=O. The number of nitrogens with zero attached hydrogens (tertiary/aromatic N) is 3. The number of fused-ring (bicyclic) bond motifs is 3. The number of phenolic OH excluding ortho intramolecular Hbond substituents is 1. The average Bonchev–Trinajstić information content (AvgIpc) is 3.70. The summed E-state index contributed by atoms with van der Waals surface area (Å²) in [6.45, 7) is 2.75. The zero-order valence-corrected chi connectivity index (χ0v) is 24.4. The Morgan fingerprint density at radius 3 is 2.29 bits per heavy atom. The molecule has 0 bridgehead atoms. The highest BCUT2D eigenvalue weighted by Gasteiger charge is 2.63. The molecule has 1 amide bonds. The molecule has 0 aliphatic heterocycles. The van der Waals surface area contributed by atoms with Gasteiger partial charge in [0, 0.05) is 43.9 Å². The van der Waals surface area contributed by atoms with Crippen molar-refractivity contribution in [3.8, 4) is 5.75 Å². The number of ketones is 2. The van der Waals surface area contributed by atoms with Crippen molar-refractivity contribution in [3.05, 3.63) is 45.4 Å². The van der Waals surface area contributed by atoms with E-state index in [1.54, 1.807) is 25.1 Å². The minimum Gasteiger partial charge on any atom is -0.510 e. The monoisotopic (exact) mass is 568 g/mol. The van der Waals surface area contributed by atoms with Crippen molar-refractivity contribution in [3.63, 3.8) is 0 Å². The van der Waals surface area contributed by atoms with Crippen molar-refractivity contribution in [1.82, 2.24) is 9.80 Å². The molecule has 6 N–H and O–H groups in total. The molecule has 11 nitrogen and oxygen atoms in total. The minimum absolute atomic E-state index is 0.0242. The highest BCUT2D eigenvalue weighted by atomic mass is 16.3. The average molecular weight is 569 g/mol. The first-order valence-corrected chi connectivity index (χ1v) is 14.0. The summed E-state index contributed by atoms with van der Waals surface area (Å²) in [5.41, 5.74) is 4.11. The lowest BCUT2D eigenvalue weighted by Crippen LogP contribution is -2.63. The van der Waals surface area contributed by atoms with E-state index >= 15 is 0 Å². The van der Waals surface area contributed by atoms with Crippen LogP contribution in [0.1, 0.15) is 47.7 Å². The Bertz CT molecular complexity index is 1410. The minimum atomic E-state index is -2.65. The standard InChI is InChI=1S/C30H40N4O7/c1-13(14-7-8-14)34(6)12-16-11-19(35)21-17(23(16)32(2)3)9-15-10-18-24(33(4)5)26(37)22(29(31)40)28(39)30(18,41)27(38)20(15)25(21)36/h11,13-15,18,24,35,37-38,41H,7-10,12H2,1-6H3,(H2,31,40)/t13-,15+,18+,24+,30+/m1/s1. The largest absolute Gasteiger partial charge is 0.510 e. The van der Waals surface area contributed by atoms with Gasteiger partial charge in [-0.15, -0.1) is 0 Å². The van der Waals surface area contributed by atoms with Crippen LogP contribution in [0.2, 0.25) is 0 Å². The molecule has 1 fully saturated rings. The highest BCUT2D eigenvalue weighted by Crippen LogP contribution is 2.53. The second-order valence-corrected chi connectivity index (χ2v) is 12.6. The Hall–Kier alpha value is -3.41. The van der Waals surface area contributed by atoms with Gasteiger partial charge in [0.2, 0.25) is 5.78 Å². The van der Waals surface area contributed by atoms with Gasteiger partial charge in [-0.25, -0.2) is 0 Å². The van der Waals surface area contributed by atoms with E-state index in [0.29, 0.717) is 24.1 Å². The second-order valence-electron chi connectivity index (χ2n) is 12.6. The van der Waals surface area contributed by atoms with E-state index < -0.39 is 58.0 Å². The van der Waals surface area contributed by atoms with Crippen LogP contribution in [0.3, 0.4) is 0 Å². The highest BCUT2D eigenvalue weighted by molar-refractivity contribution is 6.24. The van der Waals surface area contributed by atoms with Crippen LogP contribution >= 0.6 is 0 Å². The number of aliphatic hydroxyl groups excluding tert-OH is 2. The number of likely N-dealkylation sites (N-methyl/N-ethyl adjacent to an activating group) is 1. The molecule has 1 aromatic carbocycles. The lowest BCUT2D eigenvalue weighted by atomic mass is 9.58. The lowest BCUT2D eigenvalue weighted by molar-refractivity contribution is -0.148. The molecule has 0 unspecified atom stereocenters. The fourth-order valence-corrected chi connectivity index (χ4v) is 7.40. The summed E-state index contributed by atoms with van der Waals surface area (Å²) in [6, 6.07) is 0.927. The van der Waals surface area contributed by atoms with E-state index in [1.807, 2.05) is 26.0 Å². The van der Waals surface area contributed by atoms with Gasteiger partial charge >= 0.3 is 0 Å². The van der Waals surface area contributed by atoms with E-state index in [9.17, 15) is 34.8 Å². The van der Waals surface area contributed by atoms with Gasteiger partial charge in [0.25, 0.3) is 5.91 Å². The van der Waals surface area contributed by atoms with E-state index in [0.717, 1.165) is 11.3 Å². The van der Waals surface area contributed by atoms with Gasteiger partial charge in [0.15, 0.2) is 11.4 Å². The maximum absolute atomic E-state index is 14.0. The summed E-state index contributed by atoms with van der Waals surface area (Å²) in [5, 5.41) is 45.4. The number of amides is 1. The number of hydrogen-bond donors (Lipinski definition) is 5. The predicted molar refractivity (Wildman–Crippen MR) is 152 cm³/mol. The van der Waals surface area contributed by atoms with Crippen molar-refractivity contribution in [2.45, 2.75) is 56.8 Å². The van der Waals surface area contributed by atoms with Crippen molar-refractivity contribution < 1.29 is 34.8 Å². The van der Waals surface area contributed by atoms with Crippen molar-refractivity contribution >= 4 is 23.2 Å². The number of allylic oxidation sites excluding steroid dienone is 1. The Balaban J connectivity index is 1.65. The quantitative estimate of drug-likeness (QED) is 0.303. The van der Waals surface area contributed by atoms with Crippen LogP contribution in [0.25, 0.3) is 0 Å². The third kappa shape index (κ3) is 4.24. The first-order valence-electron chi connectivity index (χ1n) is 14.0. The summed E-state index contributed by atoms with van der Waals surface area (Å²) in [7, 11) is 9.03. The van der Waals surface area contributed by atoms with Crippen LogP contribution in [0.15, 0.2) is 28.7 Å². The van der Waals surface area contributed by atoms with Crippen LogP contribution in [0.4, 0.5) is 5.69 Å². The molecule has 1 aromatic rings. The Morgan fingerprint density at radius 1 is 1.12 bits per heavy atom. The Labute approximate surface area is 239 Å². The van der Waals surface area contributed by atoms with Crippen molar-refractivity contribution in [2.75, 3.05) is 40.1 Å². The molecule has 0 radical (unpaired) electrons. The molecule has 0 heterocycles. The molecule has 0 saturated heterocycles. The van der Waals surface area contributed by atoms with Gasteiger partial charge in [-0.05, 0) is 82.8 Å². The number of carbonyl (C=O) groups is 3. The molecular formula is C30H40N4O7. The van der Waals surface area contributed by atoms with Gasteiger partial charge in [-0.2, -0.15) is 0 Å². The molecule has 5 atom stereocenters. The number of primary amides is 1. The van der Waals surface area contributed by atoms with Crippen molar-refractivity contribution in [2.24, 2.45) is 23.5 Å². The molecule has 5 rings (SSSR count). The van der Waals surface area contributed by atoms with Gasteiger partial charge in [-0.3, -0.25) is 24.2 Å². The zero-order chi connectivity index (χ0) is 30.3. The smallest absolute Gasteiger partial charge is 0.255 e. The van der Waals surface area contributed by atoms with E-state index in [2.05, 4.69) is 11.8 Å². The number of Topliss-reactive ketones (excluding diaryl/α,β-unsaturated/α-hetero) is 2. The van der Waals surface area contributed by atoms with Crippen LogP contribution in [0, 0.1) is 17.8 Å². The van der Waals surface area contributed by atoms with Gasteiger partial charge < -0.3 is 31.1 Å². The molecule has 4 aliphatic rings. The van der Waals surface area contributed by atoms with Gasteiger partial charge in [0.05, 0.1) is 11.6 Å². The maximum atomic E-state index is 14.0. The molecule has 41 heavy (non-hydrogen) atoms. The first kappa shape index (κ1) is 29.1. The molecule has 1 saturated carbocycles. The number of benzene rings is 1. The number of anilines is 1.